The molecule has 1 aliphatic carbocycles. The van der Waals surface area contributed by atoms with Crippen LogP contribution in [0.3, 0.4) is 0 Å². The molecule has 2 N–H and O–H groups in total. The van der Waals surface area contributed by atoms with Crippen molar-refractivity contribution >= 4 is 23.0 Å². The maximum Gasteiger partial charge on any atom is 0.410 e. The monoisotopic (exact) mass is 610 g/mol. The number of hydrogen-bond donors (Lipinski definition) is 2. The van der Waals surface area contributed by atoms with Gasteiger partial charge in [-0.1, -0.05) is 6.07 Å². The molecule has 0 bridgehead atoms. The number of aryl methyl sites for hydroxylation is 1. The van der Waals surface area contributed by atoms with Crippen molar-refractivity contribution in [2.24, 2.45) is 11.8 Å². The molecule has 0 unspecified atom stereocenters. The number of oxazole rings is 1. The van der Waals surface area contributed by atoms with Gasteiger partial charge in [-0.25, -0.2) is 18.6 Å². The highest BCUT2D eigenvalue weighted by molar-refractivity contribution is 5.92. The number of aromatic nitrogens is 3. The highest BCUT2D eigenvalue weighted by atomic mass is 19.4. The van der Waals surface area contributed by atoms with Gasteiger partial charge in [0.1, 0.15) is 23.3 Å². The van der Waals surface area contributed by atoms with Crippen LogP contribution < -0.4 is 10.6 Å². The predicted molar refractivity (Wildman–Crippen MR) is 141 cm³/mol. The molecule has 3 aromatic rings. The summed E-state index contributed by atoms with van der Waals surface area (Å²) in [5, 5.41) is 9.07. The summed E-state index contributed by atoms with van der Waals surface area (Å²) in [5.74, 6) is -3.69. The topological polar surface area (TPSA) is 115 Å². The van der Waals surface area contributed by atoms with Crippen LogP contribution >= 0.6 is 0 Å². The van der Waals surface area contributed by atoms with E-state index in [2.05, 4.69) is 15.4 Å². The van der Waals surface area contributed by atoms with E-state index in [4.69, 9.17) is 9.15 Å². The number of halogens is 5. The summed E-state index contributed by atoms with van der Waals surface area (Å²) in [6.45, 7) is 2.30. The summed E-state index contributed by atoms with van der Waals surface area (Å²) >= 11 is 0. The van der Waals surface area contributed by atoms with Crippen molar-refractivity contribution in [1.29, 1.82) is 0 Å². The van der Waals surface area contributed by atoms with E-state index in [9.17, 15) is 31.5 Å². The summed E-state index contributed by atoms with van der Waals surface area (Å²) in [6.07, 6.45) is -3.47. The Morgan fingerprint density at radius 1 is 1.19 bits per heavy atom. The molecule has 15 heteroatoms. The van der Waals surface area contributed by atoms with Crippen LogP contribution in [0.2, 0.25) is 0 Å². The van der Waals surface area contributed by atoms with Crippen molar-refractivity contribution < 1.29 is 40.7 Å². The smallest absolute Gasteiger partial charge is 0.410 e. The minimum Gasteiger partial charge on any atom is -0.438 e. The molecule has 0 spiro atoms. The van der Waals surface area contributed by atoms with Crippen LogP contribution in [0.1, 0.15) is 66.6 Å². The Bertz CT molecular complexity index is 1490. The SMILES string of the molecule is CCn1nccc1C(=O)N[C@H](c1nc2cc([C@@H](C3COC3)N3C[C@@H](C(F)(F)F)NC3=O)ccc2o1)C1CCC(F)(F)CC1. The lowest BCUT2D eigenvalue weighted by molar-refractivity contribution is -0.151. The lowest BCUT2D eigenvalue weighted by Gasteiger charge is -2.39. The maximum absolute atomic E-state index is 14.0. The Morgan fingerprint density at radius 2 is 1.93 bits per heavy atom. The second kappa shape index (κ2) is 11.1. The van der Waals surface area contributed by atoms with E-state index in [1.165, 1.54) is 15.8 Å². The minimum absolute atomic E-state index is 0.137. The minimum atomic E-state index is -4.59. The van der Waals surface area contributed by atoms with Gasteiger partial charge in [0.2, 0.25) is 11.8 Å². The predicted octanol–water partition coefficient (Wildman–Crippen LogP) is 4.98. The van der Waals surface area contributed by atoms with Crippen molar-refractivity contribution in [2.75, 3.05) is 19.8 Å². The molecular weight excluding hydrogens is 579 g/mol. The summed E-state index contributed by atoms with van der Waals surface area (Å²) in [7, 11) is 0. The van der Waals surface area contributed by atoms with E-state index < -0.39 is 48.7 Å². The number of amides is 3. The Labute approximate surface area is 242 Å². The molecule has 2 aliphatic heterocycles. The molecule has 3 aliphatic rings. The van der Waals surface area contributed by atoms with Crippen molar-refractivity contribution in [3.05, 3.63) is 47.6 Å². The van der Waals surface area contributed by atoms with Gasteiger partial charge in [-0.2, -0.15) is 18.3 Å². The van der Waals surface area contributed by atoms with Gasteiger partial charge in [0.05, 0.1) is 25.8 Å². The van der Waals surface area contributed by atoms with Crippen LogP contribution in [-0.4, -0.2) is 69.5 Å². The fourth-order valence-corrected chi connectivity index (χ4v) is 6.17. The molecule has 6 rings (SSSR count). The first-order valence-electron chi connectivity index (χ1n) is 14.3. The largest absolute Gasteiger partial charge is 0.438 e. The van der Waals surface area contributed by atoms with Crippen LogP contribution in [0.15, 0.2) is 34.9 Å². The Kier molecular flexibility index (Phi) is 7.55. The third kappa shape index (κ3) is 5.78. The van der Waals surface area contributed by atoms with E-state index in [1.807, 2.05) is 12.2 Å². The number of benzene rings is 1. The van der Waals surface area contributed by atoms with Crippen molar-refractivity contribution in [3.63, 3.8) is 0 Å². The highest BCUT2D eigenvalue weighted by Crippen LogP contribution is 2.43. The van der Waals surface area contributed by atoms with Crippen LogP contribution in [0.5, 0.6) is 0 Å². The Hall–Kier alpha value is -3.75. The van der Waals surface area contributed by atoms with Crippen LogP contribution in [-0.2, 0) is 11.3 Å². The average molecular weight is 611 g/mol. The molecule has 0 radical (unpaired) electrons. The van der Waals surface area contributed by atoms with Crippen molar-refractivity contribution in [1.82, 2.24) is 30.3 Å². The number of carbonyl (C=O) groups is 2. The van der Waals surface area contributed by atoms with E-state index in [-0.39, 0.29) is 56.6 Å². The molecule has 3 amide bonds. The van der Waals surface area contributed by atoms with E-state index in [0.29, 0.717) is 28.9 Å². The fourth-order valence-electron chi connectivity index (χ4n) is 6.17. The van der Waals surface area contributed by atoms with Gasteiger partial charge in [-0.05, 0) is 49.4 Å². The van der Waals surface area contributed by atoms with Gasteiger partial charge < -0.3 is 24.7 Å². The molecule has 1 aromatic carbocycles. The second-order valence-corrected chi connectivity index (χ2v) is 11.4. The van der Waals surface area contributed by atoms with Gasteiger partial charge in [-0.15, -0.1) is 0 Å². The third-order valence-electron chi connectivity index (χ3n) is 8.58. The van der Waals surface area contributed by atoms with Crippen molar-refractivity contribution in [2.45, 2.75) is 69.4 Å². The number of nitrogens with zero attached hydrogens (tertiary/aromatic N) is 4. The standard InChI is InChI=1S/C28H31F5N6O4/c1-2-39-19(7-10-34-39)24(40)37-22(15-5-8-27(29,30)9-6-15)25-35-18-11-16(3-4-20(18)43-25)23(17-13-42-14-17)38-12-21(28(31,32)33)36-26(38)41/h3-4,7,10-11,15,17,21-23H,2,5-6,8-9,12-14H2,1H3,(H,36,41)(H,37,40)/t21-,22-,23-/m0/s1. The number of urea groups is 1. The molecule has 10 nitrogen and oxygen atoms in total. The molecule has 3 atom stereocenters. The molecule has 2 aromatic heterocycles. The van der Waals surface area contributed by atoms with Crippen LogP contribution in [0, 0.1) is 11.8 Å². The molecule has 2 saturated heterocycles. The van der Waals surface area contributed by atoms with Crippen LogP contribution in [0.4, 0.5) is 26.7 Å². The lowest BCUT2D eigenvalue weighted by Crippen LogP contribution is -2.44. The average Bonchev–Trinajstić information content (AvgIpc) is 3.66. The van der Waals surface area contributed by atoms with E-state index in [0.717, 1.165) is 0 Å². The van der Waals surface area contributed by atoms with Gasteiger partial charge in [0.15, 0.2) is 5.58 Å². The number of hydrogen-bond acceptors (Lipinski definition) is 6. The first kappa shape index (κ1) is 29.3. The Morgan fingerprint density at radius 3 is 2.56 bits per heavy atom. The lowest BCUT2D eigenvalue weighted by atomic mass is 9.82. The molecule has 3 fully saturated rings. The fraction of sp³-hybridized carbons (Fsp3) is 0.571. The normalized spacial score (nSPS) is 22.8. The number of alkyl halides is 5. The second-order valence-electron chi connectivity index (χ2n) is 11.4. The number of carbonyl (C=O) groups excluding carboxylic acids is 2. The number of fused-ring (bicyclic) bond motifs is 1. The molecule has 4 heterocycles. The van der Waals surface area contributed by atoms with Gasteiger partial charge in [0, 0.05) is 31.5 Å². The maximum atomic E-state index is 14.0. The quantitative estimate of drug-likeness (QED) is 0.348. The zero-order valence-electron chi connectivity index (χ0n) is 23.2. The number of ether oxygens (including phenoxy) is 1. The zero-order chi connectivity index (χ0) is 30.5. The third-order valence-corrected chi connectivity index (χ3v) is 8.58. The van der Waals surface area contributed by atoms with Gasteiger partial charge in [0.25, 0.3) is 5.91 Å². The highest BCUT2D eigenvalue weighted by Gasteiger charge is 2.50. The summed E-state index contributed by atoms with van der Waals surface area (Å²) in [4.78, 5) is 31.7. The molecule has 43 heavy (non-hydrogen) atoms. The first-order chi connectivity index (χ1) is 20.4. The molecule has 1 saturated carbocycles. The summed E-state index contributed by atoms with van der Waals surface area (Å²) < 4.78 is 81.1. The molecular formula is C28H31F5N6O4. The first-order valence-corrected chi connectivity index (χ1v) is 14.3. The summed E-state index contributed by atoms with van der Waals surface area (Å²) in [6, 6.07) is 2.19. The summed E-state index contributed by atoms with van der Waals surface area (Å²) in [5.41, 5.74) is 1.58. The van der Waals surface area contributed by atoms with E-state index >= 15 is 0 Å². The zero-order valence-corrected chi connectivity index (χ0v) is 23.2. The van der Waals surface area contributed by atoms with Crippen LogP contribution in [0.25, 0.3) is 11.1 Å². The number of rotatable bonds is 8. The number of nitrogens with one attached hydrogen (secondary N) is 2. The van der Waals surface area contributed by atoms with Gasteiger partial charge >= 0.3 is 12.2 Å². The molecule has 232 valence electrons. The van der Waals surface area contributed by atoms with E-state index in [1.54, 1.807) is 24.3 Å². The van der Waals surface area contributed by atoms with Crippen molar-refractivity contribution in [3.8, 4) is 0 Å². The van der Waals surface area contributed by atoms with Gasteiger partial charge in [-0.3, -0.25) is 9.48 Å². The Balaban J connectivity index is 1.31.